The lowest BCUT2D eigenvalue weighted by atomic mass is 10.1. The zero-order chi connectivity index (χ0) is 16.7. The number of carbonyl (C=O) groups excluding carboxylic acids is 1. The number of aryl methyl sites for hydroxylation is 1. The van der Waals surface area contributed by atoms with Crippen LogP contribution in [0.15, 0.2) is 36.4 Å². The van der Waals surface area contributed by atoms with Crippen LogP contribution in [0.25, 0.3) is 0 Å². The first kappa shape index (κ1) is 14.9. The van der Waals surface area contributed by atoms with Crippen LogP contribution in [0.1, 0.15) is 41.6 Å². The maximum Gasteiger partial charge on any atom is 0.259 e. The molecule has 0 atom stereocenters. The van der Waals surface area contributed by atoms with Gasteiger partial charge < -0.3 is 19.9 Å². The number of phenolic OH excluding ortho intramolecular Hbond substituents is 1. The highest BCUT2D eigenvalue weighted by Crippen LogP contribution is 2.47. The Labute approximate surface area is 140 Å². The third-order valence-corrected chi connectivity index (χ3v) is 4.56. The fourth-order valence-electron chi connectivity index (χ4n) is 3.32. The van der Waals surface area contributed by atoms with Gasteiger partial charge in [0.05, 0.1) is 5.56 Å². The average Bonchev–Trinajstić information content (AvgIpc) is 3.15. The highest BCUT2D eigenvalue weighted by Gasteiger charge is 2.44. The van der Waals surface area contributed by atoms with Crippen LogP contribution < -0.4 is 14.8 Å². The monoisotopic (exact) mass is 325 g/mol. The van der Waals surface area contributed by atoms with Gasteiger partial charge >= 0.3 is 0 Å². The van der Waals surface area contributed by atoms with E-state index in [1.54, 1.807) is 24.3 Å². The van der Waals surface area contributed by atoms with Crippen LogP contribution >= 0.6 is 0 Å². The lowest BCUT2D eigenvalue weighted by molar-refractivity contribution is -0.0716. The van der Waals surface area contributed by atoms with Crippen LogP contribution in [0.4, 0.5) is 5.69 Å². The lowest BCUT2D eigenvalue weighted by Gasteiger charge is -2.21. The molecule has 4 rings (SSSR count). The van der Waals surface area contributed by atoms with Crippen molar-refractivity contribution in [2.75, 3.05) is 5.32 Å². The molecule has 1 fully saturated rings. The molecule has 2 aromatic carbocycles. The Balaban J connectivity index is 1.54. The van der Waals surface area contributed by atoms with E-state index < -0.39 is 5.79 Å². The summed E-state index contributed by atoms with van der Waals surface area (Å²) in [6, 6.07) is 10.3. The van der Waals surface area contributed by atoms with Gasteiger partial charge in [0.2, 0.25) is 0 Å². The molecule has 5 nitrogen and oxygen atoms in total. The Kier molecular flexibility index (Phi) is 3.37. The summed E-state index contributed by atoms with van der Waals surface area (Å²) >= 11 is 0. The molecule has 1 heterocycles. The Morgan fingerprint density at radius 2 is 1.83 bits per heavy atom. The third kappa shape index (κ3) is 2.56. The first-order chi connectivity index (χ1) is 11.5. The number of anilines is 1. The molecule has 1 aliphatic carbocycles. The van der Waals surface area contributed by atoms with E-state index >= 15 is 0 Å². The first-order valence-electron chi connectivity index (χ1n) is 8.18. The Hall–Kier alpha value is -2.69. The molecule has 5 heteroatoms. The van der Waals surface area contributed by atoms with Crippen molar-refractivity contribution >= 4 is 11.6 Å². The Morgan fingerprint density at radius 3 is 2.62 bits per heavy atom. The average molecular weight is 325 g/mol. The zero-order valence-electron chi connectivity index (χ0n) is 13.5. The van der Waals surface area contributed by atoms with Crippen molar-refractivity contribution < 1.29 is 19.4 Å². The molecule has 24 heavy (non-hydrogen) atoms. The van der Waals surface area contributed by atoms with Crippen molar-refractivity contribution in [1.29, 1.82) is 0 Å². The second-order valence-corrected chi connectivity index (χ2v) is 6.46. The zero-order valence-corrected chi connectivity index (χ0v) is 13.5. The smallest absolute Gasteiger partial charge is 0.259 e. The summed E-state index contributed by atoms with van der Waals surface area (Å²) in [5, 5.41) is 12.7. The predicted molar refractivity (Wildman–Crippen MR) is 89.7 cm³/mol. The van der Waals surface area contributed by atoms with E-state index in [0.29, 0.717) is 17.2 Å². The summed E-state index contributed by atoms with van der Waals surface area (Å²) < 4.78 is 12.0. The largest absolute Gasteiger partial charge is 0.507 e. The molecule has 0 aromatic heterocycles. The molecule has 0 unspecified atom stereocenters. The number of benzene rings is 2. The number of amides is 1. The maximum absolute atomic E-state index is 12.4. The van der Waals surface area contributed by atoms with Gasteiger partial charge in [-0.1, -0.05) is 11.6 Å². The van der Waals surface area contributed by atoms with E-state index in [9.17, 15) is 9.90 Å². The van der Waals surface area contributed by atoms with Gasteiger partial charge in [-0.05, 0) is 44.0 Å². The van der Waals surface area contributed by atoms with Crippen molar-refractivity contribution in [3.63, 3.8) is 0 Å². The standard InChI is InChI=1S/C19H19NO4/c1-12-4-6-15(21)14(10-12)18(22)20-13-5-7-16-17(11-13)24-19(23-16)8-2-3-9-19/h4-7,10-11,21H,2-3,8-9H2,1H3,(H,20,22). The molecule has 124 valence electrons. The van der Waals surface area contributed by atoms with Crippen LogP contribution in [-0.4, -0.2) is 16.8 Å². The molecule has 2 N–H and O–H groups in total. The van der Waals surface area contributed by atoms with E-state index in [0.717, 1.165) is 31.2 Å². The third-order valence-electron chi connectivity index (χ3n) is 4.56. The molecule has 2 aromatic rings. The number of phenols is 1. The number of ether oxygens (including phenoxy) is 2. The lowest BCUT2D eigenvalue weighted by Crippen LogP contribution is -2.34. The van der Waals surface area contributed by atoms with E-state index in [4.69, 9.17) is 9.47 Å². The quantitative estimate of drug-likeness (QED) is 0.876. The van der Waals surface area contributed by atoms with Crippen molar-refractivity contribution in [2.24, 2.45) is 0 Å². The normalized spacial score (nSPS) is 17.2. The second-order valence-electron chi connectivity index (χ2n) is 6.46. The number of nitrogens with one attached hydrogen (secondary N) is 1. The number of hydrogen-bond acceptors (Lipinski definition) is 4. The van der Waals surface area contributed by atoms with E-state index in [1.165, 1.54) is 6.07 Å². The van der Waals surface area contributed by atoms with Crippen LogP contribution in [-0.2, 0) is 0 Å². The van der Waals surface area contributed by atoms with Crippen LogP contribution in [0.2, 0.25) is 0 Å². The van der Waals surface area contributed by atoms with Gasteiger partial charge in [-0.3, -0.25) is 4.79 Å². The summed E-state index contributed by atoms with van der Waals surface area (Å²) in [4.78, 5) is 12.4. The first-order valence-corrected chi connectivity index (χ1v) is 8.18. The number of aromatic hydroxyl groups is 1. The molecule has 1 saturated carbocycles. The minimum absolute atomic E-state index is 0.0382. The second kappa shape index (κ2) is 5.44. The Bertz CT molecular complexity index is 809. The number of fused-ring (bicyclic) bond motifs is 1. The van der Waals surface area contributed by atoms with E-state index in [1.807, 2.05) is 13.0 Å². The van der Waals surface area contributed by atoms with Gasteiger partial charge in [-0.15, -0.1) is 0 Å². The predicted octanol–water partition coefficient (Wildman–Crippen LogP) is 3.99. The summed E-state index contributed by atoms with van der Waals surface area (Å²) in [6.45, 7) is 1.87. The molecule has 0 bridgehead atoms. The van der Waals surface area contributed by atoms with Crippen molar-refractivity contribution in [1.82, 2.24) is 0 Å². The molecular weight excluding hydrogens is 306 g/mol. The maximum atomic E-state index is 12.4. The number of carbonyl (C=O) groups is 1. The molecular formula is C19H19NO4. The minimum Gasteiger partial charge on any atom is -0.507 e. The van der Waals surface area contributed by atoms with Gasteiger partial charge in [-0.2, -0.15) is 0 Å². The molecule has 2 aliphatic rings. The SMILES string of the molecule is Cc1ccc(O)c(C(=O)Nc2ccc3c(c2)OC2(CCCC2)O3)c1. The topological polar surface area (TPSA) is 67.8 Å². The summed E-state index contributed by atoms with van der Waals surface area (Å²) in [6.07, 6.45) is 3.98. The summed E-state index contributed by atoms with van der Waals surface area (Å²) in [5.41, 5.74) is 1.77. The molecule has 1 aliphatic heterocycles. The fourth-order valence-corrected chi connectivity index (χ4v) is 3.32. The highest BCUT2D eigenvalue weighted by atomic mass is 16.7. The summed E-state index contributed by atoms with van der Waals surface area (Å²) in [5.74, 6) is 0.464. The highest BCUT2D eigenvalue weighted by molar-refractivity contribution is 6.06. The molecule has 1 spiro atoms. The van der Waals surface area contributed by atoms with Crippen LogP contribution in [0, 0.1) is 6.92 Å². The molecule has 1 amide bonds. The minimum atomic E-state index is -0.514. The summed E-state index contributed by atoms with van der Waals surface area (Å²) in [7, 11) is 0. The van der Waals surface area contributed by atoms with Crippen LogP contribution in [0.5, 0.6) is 17.2 Å². The van der Waals surface area contributed by atoms with Gasteiger partial charge in [0.1, 0.15) is 5.75 Å². The van der Waals surface area contributed by atoms with E-state index in [2.05, 4.69) is 5.32 Å². The number of hydrogen-bond donors (Lipinski definition) is 2. The molecule has 0 radical (unpaired) electrons. The Morgan fingerprint density at radius 1 is 1.08 bits per heavy atom. The van der Waals surface area contributed by atoms with Crippen molar-refractivity contribution in [2.45, 2.75) is 38.4 Å². The fraction of sp³-hybridized carbons (Fsp3) is 0.316. The number of rotatable bonds is 2. The van der Waals surface area contributed by atoms with Gasteiger partial charge in [0.15, 0.2) is 11.5 Å². The van der Waals surface area contributed by atoms with E-state index in [-0.39, 0.29) is 17.2 Å². The van der Waals surface area contributed by atoms with Gasteiger partial charge in [0, 0.05) is 24.6 Å². The molecule has 0 saturated heterocycles. The van der Waals surface area contributed by atoms with Gasteiger partial charge in [0.25, 0.3) is 11.7 Å². The van der Waals surface area contributed by atoms with Gasteiger partial charge in [-0.25, -0.2) is 0 Å². The van der Waals surface area contributed by atoms with Crippen molar-refractivity contribution in [3.8, 4) is 17.2 Å². The van der Waals surface area contributed by atoms with Crippen molar-refractivity contribution in [3.05, 3.63) is 47.5 Å². The van der Waals surface area contributed by atoms with Crippen LogP contribution in [0.3, 0.4) is 0 Å².